The van der Waals surface area contributed by atoms with Crippen LogP contribution in [0.4, 0.5) is 0 Å². The van der Waals surface area contributed by atoms with Crippen molar-refractivity contribution in [2.75, 3.05) is 0 Å². The highest BCUT2D eigenvalue weighted by Crippen LogP contribution is 2.19. The summed E-state index contributed by atoms with van der Waals surface area (Å²) in [6.45, 7) is 3.86. The minimum atomic E-state index is 0.147. The SMILES string of the molecule is CCC(=O)c1cccc(C)c1-n1cccn1. The van der Waals surface area contributed by atoms with E-state index in [0.717, 1.165) is 16.8 Å². The smallest absolute Gasteiger partial charge is 0.164 e. The van der Waals surface area contributed by atoms with E-state index in [1.807, 2.05) is 44.3 Å². The van der Waals surface area contributed by atoms with E-state index in [0.29, 0.717) is 6.42 Å². The van der Waals surface area contributed by atoms with E-state index in [1.54, 1.807) is 10.9 Å². The molecular weight excluding hydrogens is 200 g/mol. The summed E-state index contributed by atoms with van der Waals surface area (Å²) in [6, 6.07) is 7.61. The molecule has 0 radical (unpaired) electrons. The molecule has 1 aromatic carbocycles. The molecule has 0 aliphatic carbocycles. The molecular formula is C13H14N2O. The summed E-state index contributed by atoms with van der Waals surface area (Å²) in [5.41, 5.74) is 2.69. The number of hydrogen-bond donors (Lipinski definition) is 0. The molecule has 3 heteroatoms. The van der Waals surface area contributed by atoms with Gasteiger partial charge in [-0.05, 0) is 24.6 Å². The highest BCUT2D eigenvalue weighted by molar-refractivity contribution is 5.99. The van der Waals surface area contributed by atoms with Crippen molar-refractivity contribution in [1.29, 1.82) is 0 Å². The summed E-state index contributed by atoms with van der Waals surface area (Å²) < 4.78 is 1.75. The second kappa shape index (κ2) is 4.31. The number of ketones is 1. The first-order valence-corrected chi connectivity index (χ1v) is 5.37. The van der Waals surface area contributed by atoms with Crippen LogP contribution in [0.25, 0.3) is 5.69 Å². The van der Waals surface area contributed by atoms with E-state index < -0.39 is 0 Å². The average molecular weight is 214 g/mol. The molecule has 0 atom stereocenters. The Hall–Kier alpha value is -1.90. The molecule has 1 aromatic heterocycles. The number of aryl methyl sites for hydroxylation is 1. The van der Waals surface area contributed by atoms with Crippen LogP contribution in [-0.4, -0.2) is 15.6 Å². The van der Waals surface area contributed by atoms with Crippen molar-refractivity contribution in [3.63, 3.8) is 0 Å². The van der Waals surface area contributed by atoms with Crippen molar-refractivity contribution in [3.05, 3.63) is 47.8 Å². The van der Waals surface area contributed by atoms with Crippen LogP contribution in [0.5, 0.6) is 0 Å². The molecule has 0 amide bonds. The Morgan fingerprint density at radius 2 is 2.19 bits per heavy atom. The lowest BCUT2D eigenvalue weighted by Crippen LogP contribution is -2.07. The molecule has 0 saturated carbocycles. The fourth-order valence-electron chi connectivity index (χ4n) is 1.78. The predicted octanol–water partition coefficient (Wildman–Crippen LogP) is 2.77. The van der Waals surface area contributed by atoms with Gasteiger partial charge in [0.25, 0.3) is 0 Å². The average Bonchev–Trinajstić information content (AvgIpc) is 2.81. The molecule has 0 aliphatic rings. The maximum atomic E-state index is 11.8. The van der Waals surface area contributed by atoms with E-state index >= 15 is 0 Å². The highest BCUT2D eigenvalue weighted by atomic mass is 16.1. The zero-order valence-electron chi connectivity index (χ0n) is 9.47. The van der Waals surface area contributed by atoms with Crippen molar-refractivity contribution < 1.29 is 4.79 Å². The molecule has 1 heterocycles. The lowest BCUT2D eigenvalue weighted by molar-refractivity contribution is 0.0988. The number of hydrogen-bond acceptors (Lipinski definition) is 2. The molecule has 2 rings (SSSR count). The van der Waals surface area contributed by atoms with Gasteiger partial charge in [-0.3, -0.25) is 4.79 Å². The number of nitrogens with zero attached hydrogens (tertiary/aromatic N) is 2. The first kappa shape index (κ1) is 10.6. The fraction of sp³-hybridized carbons (Fsp3) is 0.231. The van der Waals surface area contributed by atoms with E-state index in [4.69, 9.17) is 0 Å². The molecule has 0 unspecified atom stereocenters. The molecule has 0 spiro atoms. The van der Waals surface area contributed by atoms with Gasteiger partial charge in [0.05, 0.1) is 5.69 Å². The number of rotatable bonds is 3. The van der Waals surface area contributed by atoms with E-state index in [9.17, 15) is 4.79 Å². The van der Waals surface area contributed by atoms with E-state index in [2.05, 4.69) is 5.10 Å². The third-order valence-electron chi connectivity index (χ3n) is 2.59. The summed E-state index contributed by atoms with van der Waals surface area (Å²) >= 11 is 0. The first-order valence-electron chi connectivity index (χ1n) is 5.37. The van der Waals surface area contributed by atoms with Gasteiger partial charge >= 0.3 is 0 Å². The van der Waals surface area contributed by atoms with Crippen LogP contribution in [0, 0.1) is 6.92 Å². The van der Waals surface area contributed by atoms with Gasteiger partial charge < -0.3 is 0 Å². The van der Waals surface area contributed by atoms with Crippen molar-refractivity contribution in [2.24, 2.45) is 0 Å². The van der Waals surface area contributed by atoms with Crippen LogP contribution in [0.2, 0.25) is 0 Å². The van der Waals surface area contributed by atoms with Gasteiger partial charge in [-0.1, -0.05) is 19.1 Å². The second-order valence-corrected chi connectivity index (χ2v) is 3.70. The van der Waals surface area contributed by atoms with Gasteiger partial charge in [-0.25, -0.2) is 4.68 Å². The maximum Gasteiger partial charge on any atom is 0.164 e. The predicted molar refractivity (Wildman–Crippen MR) is 62.9 cm³/mol. The zero-order valence-corrected chi connectivity index (χ0v) is 9.47. The Kier molecular flexibility index (Phi) is 2.86. The Bertz CT molecular complexity index is 501. The Balaban J connectivity index is 2.62. The molecule has 0 fully saturated rings. The standard InChI is InChI=1S/C13H14N2O/c1-3-12(16)11-7-4-6-10(2)13(11)15-9-5-8-14-15/h4-9H,3H2,1-2H3. The van der Waals surface area contributed by atoms with E-state index in [-0.39, 0.29) is 5.78 Å². The summed E-state index contributed by atoms with van der Waals surface area (Å²) in [5, 5.41) is 4.19. The van der Waals surface area contributed by atoms with Crippen molar-refractivity contribution in [1.82, 2.24) is 9.78 Å². The monoisotopic (exact) mass is 214 g/mol. The Morgan fingerprint density at radius 1 is 1.38 bits per heavy atom. The van der Waals surface area contributed by atoms with Crippen molar-refractivity contribution in [3.8, 4) is 5.69 Å². The normalized spacial score (nSPS) is 10.4. The summed E-state index contributed by atoms with van der Waals surface area (Å²) in [6.07, 6.45) is 4.08. The number of carbonyl (C=O) groups excluding carboxylic acids is 1. The minimum absolute atomic E-state index is 0.147. The summed E-state index contributed by atoms with van der Waals surface area (Å²) in [7, 11) is 0. The van der Waals surface area contributed by atoms with Gasteiger partial charge in [-0.2, -0.15) is 5.10 Å². The lowest BCUT2D eigenvalue weighted by Gasteiger charge is -2.10. The molecule has 0 bridgehead atoms. The van der Waals surface area contributed by atoms with Crippen LogP contribution in [0.15, 0.2) is 36.7 Å². The van der Waals surface area contributed by atoms with Crippen LogP contribution < -0.4 is 0 Å². The maximum absolute atomic E-state index is 11.8. The molecule has 0 aliphatic heterocycles. The topological polar surface area (TPSA) is 34.9 Å². The Morgan fingerprint density at radius 3 is 2.81 bits per heavy atom. The van der Waals surface area contributed by atoms with Gasteiger partial charge in [0.2, 0.25) is 0 Å². The van der Waals surface area contributed by atoms with Gasteiger partial charge in [-0.15, -0.1) is 0 Å². The zero-order chi connectivity index (χ0) is 11.5. The Labute approximate surface area is 94.7 Å². The van der Waals surface area contributed by atoms with Crippen LogP contribution in [0.3, 0.4) is 0 Å². The van der Waals surface area contributed by atoms with Gasteiger partial charge in [0.15, 0.2) is 5.78 Å². The molecule has 3 nitrogen and oxygen atoms in total. The fourth-order valence-corrected chi connectivity index (χ4v) is 1.78. The highest BCUT2D eigenvalue weighted by Gasteiger charge is 2.13. The van der Waals surface area contributed by atoms with Gasteiger partial charge in [0, 0.05) is 24.4 Å². The third kappa shape index (κ3) is 1.76. The number of aromatic nitrogens is 2. The largest absolute Gasteiger partial charge is 0.294 e. The van der Waals surface area contributed by atoms with Crippen LogP contribution in [0.1, 0.15) is 29.3 Å². The van der Waals surface area contributed by atoms with Crippen LogP contribution in [-0.2, 0) is 0 Å². The number of carbonyl (C=O) groups is 1. The molecule has 0 N–H and O–H groups in total. The summed E-state index contributed by atoms with van der Waals surface area (Å²) in [4.78, 5) is 11.8. The van der Waals surface area contributed by atoms with Gasteiger partial charge in [0.1, 0.15) is 0 Å². The molecule has 0 saturated heterocycles. The molecule has 16 heavy (non-hydrogen) atoms. The number of para-hydroxylation sites is 1. The molecule has 2 aromatic rings. The number of benzene rings is 1. The number of Topliss-reactive ketones (excluding diaryl/α,β-unsaturated/α-hetero) is 1. The molecule has 82 valence electrons. The second-order valence-electron chi connectivity index (χ2n) is 3.70. The quantitative estimate of drug-likeness (QED) is 0.736. The minimum Gasteiger partial charge on any atom is -0.294 e. The first-order chi connectivity index (χ1) is 7.74. The third-order valence-corrected chi connectivity index (χ3v) is 2.59. The lowest BCUT2D eigenvalue weighted by atomic mass is 10.0. The van der Waals surface area contributed by atoms with Crippen molar-refractivity contribution >= 4 is 5.78 Å². The van der Waals surface area contributed by atoms with Crippen molar-refractivity contribution in [2.45, 2.75) is 20.3 Å². The van der Waals surface area contributed by atoms with E-state index in [1.165, 1.54) is 0 Å². The summed E-state index contributed by atoms with van der Waals surface area (Å²) in [5.74, 6) is 0.147. The van der Waals surface area contributed by atoms with Crippen LogP contribution >= 0.6 is 0 Å².